The van der Waals surface area contributed by atoms with Crippen molar-refractivity contribution in [3.8, 4) is 11.8 Å². The minimum atomic E-state index is -5.13. The number of nitrogens with zero attached hydrogens (tertiary/aromatic N) is 1. The first-order valence-electron chi connectivity index (χ1n) is 11.9. The predicted octanol–water partition coefficient (Wildman–Crippen LogP) is 6.48. The number of carbonyl (C=O) groups is 1. The monoisotopic (exact) mass is 527 g/mol. The Morgan fingerprint density at radius 2 is 1.62 bits per heavy atom. The highest BCUT2D eigenvalue weighted by molar-refractivity contribution is 6.00. The van der Waals surface area contributed by atoms with Gasteiger partial charge in [0.1, 0.15) is 5.82 Å². The topological polar surface area (TPSA) is 40.5 Å². The van der Waals surface area contributed by atoms with Crippen molar-refractivity contribution >= 4 is 11.6 Å². The molecule has 37 heavy (non-hydrogen) atoms. The fourth-order valence-corrected chi connectivity index (χ4v) is 4.97. The largest absolute Gasteiger partial charge is 0.416 e. The summed E-state index contributed by atoms with van der Waals surface area (Å²) in [6.45, 7) is -0.172. The van der Waals surface area contributed by atoms with Gasteiger partial charge in [0.05, 0.1) is 29.7 Å². The molecule has 0 spiro atoms. The average molecular weight is 527 g/mol. The van der Waals surface area contributed by atoms with Gasteiger partial charge in [-0.25, -0.2) is 4.39 Å². The molecule has 1 unspecified atom stereocenters. The van der Waals surface area contributed by atoms with Crippen molar-refractivity contribution in [1.82, 2.24) is 0 Å². The molecule has 1 aliphatic heterocycles. The van der Waals surface area contributed by atoms with E-state index in [0.29, 0.717) is 49.1 Å². The summed E-state index contributed by atoms with van der Waals surface area (Å²) >= 11 is 0. The molecule has 1 aliphatic carbocycles. The summed E-state index contributed by atoms with van der Waals surface area (Å²) in [6, 6.07) is 4.97. The van der Waals surface area contributed by atoms with Gasteiger partial charge in [0.2, 0.25) is 5.91 Å². The molecule has 198 valence electrons. The molecule has 2 aromatic carbocycles. The summed E-state index contributed by atoms with van der Waals surface area (Å²) < 4.78 is 95.0. The van der Waals surface area contributed by atoms with Gasteiger partial charge >= 0.3 is 12.4 Å². The van der Waals surface area contributed by atoms with Crippen LogP contribution in [0.4, 0.5) is 36.4 Å². The Hall–Kier alpha value is -3.06. The van der Waals surface area contributed by atoms with Gasteiger partial charge in [-0.15, -0.1) is 0 Å². The van der Waals surface area contributed by atoms with Crippen molar-refractivity contribution in [2.24, 2.45) is 5.92 Å². The van der Waals surface area contributed by atoms with Crippen LogP contribution in [0.3, 0.4) is 0 Å². The molecule has 1 fully saturated rings. The van der Waals surface area contributed by atoms with E-state index >= 15 is 0 Å². The third-order valence-electron chi connectivity index (χ3n) is 6.90. The Morgan fingerprint density at radius 1 is 0.919 bits per heavy atom. The van der Waals surface area contributed by atoms with E-state index in [1.54, 1.807) is 0 Å². The standard InChI is InChI=1S/C27H24F7NO2/c28-19-7-12-24-17(14-19)5-10-22(21-11-6-18(26(29,30)31)15-23(21)27(32,33)34)25(37)35(24)13-1-2-16-3-8-20(36)9-4-16/h6-7,11-12,14-16,20,22,36H,3-5,8-10,13H2. The summed E-state index contributed by atoms with van der Waals surface area (Å²) in [5, 5.41) is 9.66. The number of hydrogen-bond donors (Lipinski definition) is 1. The van der Waals surface area contributed by atoms with E-state index in [-0.39, 0.29) is 37.5 Å². The van der Waals surface area contributed by atoms with Crippen LogP contribution in [0.1, 0.15) is 60.3 Å². The Bertz CT molecular complexity index is 1220. The van der Waals surface area contributed by atoms with Crippen LogP contribution >= 0.6 is 0 Å². The minimum Gasteiger partial charge on any atom is -0.393 e. The number of aliphatic hydroxyl groups is 1. The second-order valence-electron chi connectivity index (χ2n) is 9.41. The second kappa shape index (κ2) is 10.4. The lowest BCUT2D eigenvalue weighted by atomic mass is 9.87. The second-order valence-corrected chi connectivity index (χ2v) is 9.41. The van der Waals surface area contributed by atoms with Crippen LogP contribution in [0.5, 0.6) is 0 Å². The lowest BCUT2D eigenvalue weighted by molar-refractivity contribution is -0.143. The maximum absolute atomic E-state index is 14.0. The first-order chi connectivity index (χ1) is 17.3. The third kappa shape index (κ3) is 6.09. The summed E-state index contributed by atoms with van der Waals surface area (Å²) in [5.41, 5.74) is -2.83. The molecule has 10 heteroatoms. The van der Waals surface area contributed by atoms with Crippen molar-refractivity contribution in [1.29, 1.82) is 0 Å². The van der Waals surface area contributed by atoms with Gasteiger partial charge in [0.15, 0.2) is 0 Å². The summed E-state index contributed by atoms with van der Waals surface area (Å²) in [4.78, 5) is 14.8. The highest BCUT2D eigenvalue weighted by atomic mass is 19.4. The maximum atomic E-state index is 14.0. The number of amides is 1. The van der Waals surface area contributed by atoms with Crippen molar-refractivity contribution < 1.29 is 40.6 Å². The summed E-state index contributed by atoms with van der Waals surface area (Å²) in [5.74, 6) is 3.23. The molecule has 4 rings (SSSR count). The van der Waals surface area contributed by atoms with Gasteiger partial charge in [-0.05, 0) is 80.0 Å². The molecule has 1 amide bonds. The van der Waals surface area contributed by atoms with Crippen LogP contribution in [0, 0.1) is 23.6 Å². The van der Waals surface area contributed by atoms with Crippen LogP contribution in [-0.2, 0) is 23.6 Å². The third-order valence-corrected chi connectivity index (χ3v) is 6.90. The Kier molecular flexibility index (Phi) is 7.56. The average Bonchev–Trinajstić information content (AvgIpc) is 2.95. The number of rotatable bonds is 2. The number of carbonyl (C=O) groups excluding carboxylic acids is 1. The molecule has 1 atom stereocenters. The smallest absolute Gasteiger partial charge is 0.393 e. The van der Waals surface area contributed by atoms with E-state index in [0.717, 1.165) is 6.07 Å². The summed E-state index contributed by atoms with van der Waals surface area (Å²) in [6.07, 6.45) is -8.05. The van der Waals surface area contributed by atoms with Gasteiger partial charge in [-0.3, -0.25) is 9.69 Å². The fourth-order valence-electron chi connectivity index (χ4n) is 4.97. The predicted molar refractivity (Wildman–Crippen MR) is 122 cm³/mol. The van der Waals surface area contributed by atoms with E-state index in [1.807, 2.05) is 0 Å². The fraction of sp³-hybridized carbons (Fsp3) is 0.444. The molecular formula is C27H24F7NO2. The number of halogens is 7. The number of benzene rings is 2. The molecule has 0 radical (unpaired) electrons. The van der Waals surface area contributed by atoms with Crippen molar-refractivity contribution in [3.63, 3.8) is 0 Å². The van der Waals surface area contributed by atoms with Gasteiger partial charge < -0.3 is 5.11 Å². The minimum absolute atomic E-state index is 0.000658. The number of anilines is 1. The van der Waals surface area contributed by atoms with E-state index in [9.17, 15) is 40.6 Å². The zero-order valence-electron chi connectivity index (χ0n) is 19.6. The van der Waals surface area contributed by atoms with E-state index in [1.165, 1.54) is 17.0 Å². The van der Waals surface area contributed by atoms with Gasteiger partial charge in [0.25, 0.3) is 0 Å². The Labute approximate surface area is 209 Å². The molecule has 0 saturated heterocycles. The van der Waals surface area contributed by atoms with Crippen LogP contribution in [0.15, 0.2) is 36.4 Å². The van der Waals surface area contributed by atoms with Crippen LogP contribution in [0.25, 0.3) is 0 Å². The van der Waals surface area contributed by atoms with Crippen molar-refractivity contribution in [2.75, 3.05) is 11.4 Å². The molecule has 0 aromatic heterocycles. The zero-order valence-corrected chi connectivity index (χ0v) is 19.6. The number of hydrogen-bond acceptors (Lipinski definition) is 2. The number of aryl methyl sites for hydroxylation is 1. The Morgan fingerprint density at radius 3 is 2.27 bits per heavy atom. The maximum Gasteiger partial charge on any atom is 0.416 e. The lowest BCUT2D eigenvalue weighted by Crippen LogP contribution is -2.35. The van der Waals surface area contributed by atoms with E-state index < -0.39 is 46.7 Å². The normalized spacial score (nSPS) is 22.6. The first kappa shape index (κ1) is 27.0. The van der Waals surface area contributed by atoms with E-state index in [4.69, 9.17) is 0 Å². The quantitative estimate of drug-likeness (QED) is 0.359. The number of aliphatic hydroxyl groups excluding tert-OH is 1. The molecular weight excluding hydrogens is 503 g/mol. The van der Waals surface area contributed by atoms with Crippen LogP contribution < -0.4 is 4.90 Å². The zero-order chi connectivity index (χ0) is 27.0. The first-order valence-corrected chi connectivity index (χ1v) is 11.9. The molecule has 1 saturated carbocycles. The number of alkyl halides is 6. The highest BCUT2D eigenvalue weighted by Gasteiger charge is 2.42. The van der Waals surface area contributed by atoms with Crippen LogP contribution in [-0.4, -0.2) is 23.7 Å². The Balaban J connectivity index is 1.72. The van der Waals surface area contributed by atoms with Crippen molar-refractivity contribution in [3.05, 3.63) is 64.5 Å². The van der Waals surface area contributed by atoms with Crippen molar-refractivity contribution in [2.45, 2.75) is 62.9 Å². The van der Waals surface area contributed by atoms with Gasteiger partial charge in [-0.2, -0.15) is 26.3 Å². The molecule has 1 N–H and O–H groups in total. The van der Waals surface area contributed by atoms with E-state index in [2.05, 4.69) is 11.8 Å². The highest BCUT2D eigenvalue weighted by Crippen LogP contribution is 2.43. The van der Waals surface area contributed by atoms with Crippen LogP contribution in [0.2, 0.25) is 0 Å². The SMILES string of the molecule is O=C1C(c2ccc(C(F)(F)F)cc2C(F)(F)F)CCc2cc(F)ccc2N1CC#CC1CCC(O)CC1. The van der Waals surface area contributed by atoms with Gasteiger partial charge in [-0.1, -0.05) is 17.9 Å². The number of fused-ring (bicyclic) bond motifs is 1. The molecule has 0 bridgehead atoms. The molecule has 2 aliphatic rings. The molecule has 3 nitrogen and oxygen atoms in total. The summed E-state index contributed by atoms with van der Waals surface area (Å²) in [7, 11) is 0. The molecule has 1 heterocycles. The molecule has 2 aromatic rings. The lowest BCUT2D eigenvalue weighted by Gasteiger charge is -2.26. The van der Waals surface area contributed by atoms with Gasteiger partial charge in [0, 0.05) is 11.6 Å².